The second-order valence-electron chi connectivity index (χ2n) is 4.79. The average Bonchev–Trinajstić information content (AvgIpc) is 2.87. The van der Waals surface area contributed by atoms with Crippen molar-refractivity contribution in [3.05, 3.63) is 33.8 Å². The lowest BCUT2D eigenvalue weighted by molar-refractivity contribution is 0.0774. The molecule has 0 spiro atoms. The van der Waals surface area contributed by atoms with Crippen molar-refractivity contribution in [3.63, 3.8) is 0 Å². The van der Waals surface area contributed by atoms with Crippen molar-refractivity contribution in [1.82, 2.24) is 5.32 Å². The first kappa shape index (κ1) is 14.9. The second kappa shape index (κ2) is 6.29. The number of hydrogen-bond acceptors (Lipinski definition) is 2. The van der Waals surface area contributed by atoms with Crippen LogP contribution in [-0.2, 0) is 4.74 Å². The highest BCUT2D eigenvalue weighted by atomic mass is 79.9. The normalized spacial score (nSPS) is 24.7. The molecule has 2 nitrogen and oxygen atoms in total. The lowest BCUT2D eigenvalue weighted by Crippen LogP contribution is -2.32. The maximum Gasteiger partial charge on any atom is 0.145 e. The van der Waals surface area contributed by atoms with E-state index in [1.165, 1.54) is 12.1 Å². The van der Waals surface area contributed by atoms with Crippen molar-refractivity contribution < 1.29 is 13.5 Å². The summed E-state index contributed by atoms with van der Waals surface area (Å²) in [7, 11) is 1.73. The molecule has 3 atom stereocenters. The van der Waals surface area contributed by atoms with Gasteiger partial charge in [0.1, 0.15) is 11.6 Å². The lowest BCUT2D eigenvalue weighted by atomic mass is 9.86. The molecule has 106 valence electrons. The molecular formula is C14H18BrF2NO. The smallest absolute Gasteiger partial charge is 0.145 e. The minimum Gasteiger partial charge on any atom is -0.378 e. The Hall–Kier alpha value is -0.520. The Kier molecular flexibility index (Phi) is 4.92. The Morgan fingerprint density at radius 1 is 1.47 bits per heavy atom. The minimum absolute atomic E-state index is 0.0511. The molecule has 0 aliphatic carbocycles. The van der Waals surface area contributed by atoms with Gasteiger partial charge in [0.15, 0.2) is 0 Å². The Morgan fingerprint density at radius 3 is 2.84 bits per heavy atom. The van der Waals surface area contributed by atoms with E-state index < -0.39 is 11.6 Å². The van der Waals surface area contributed by atoms with E-state index in [0.717, 1.165) is 12.8 Å². The molecule has 2 rings (SSSR count). The molecule has 1 heterocycles. The average molecular weight is 334 g/mol. The van der Waals surface area contributed by atoms with E-state index in [2.05, 4.69) is 21.2 Å². The largest absolute Gasteiger partial charge is 0.378 e. The molecule has 1 aliphatic heterocycles. The van der Waals surface area contributed by atoms with Crippen molar-refractivity contribution in [2.45, 2.75) is 31.9 Å². The third-order valence-electron chi connectivity index (χ3n) is 3.79. The third kappa shape index (κ3) is 2.83. The molecule has 0 aromatic heterocycles. The number of hydrogen-bond donors (Lipinski definition) is 1. The van der Waals surface area contributed by atoms with Gasteiger partial charge in [-0.1, -0.05) is 6.92 Å². The first-order chi connectivity index (χ1) is 9.10. The predicted octanol–water partition coefficient (Wildman–Crippen LogP) is 3.80. The zero-order valence-corrected chi connectivity index (χ0v) is 12.6. The van der Waals surface area contributed by atoms with Crippen LogP contribution in [0.25, 0.3) is 0 Å². The van der Waals surface area contributed by atoms with E-state index in [9.17, 15) is 8.78 Å². The van der Waals surface area contributed by atoms with Gasteiger partial charge in [-0.3, -0.25) is 0 Å². The fourth-order valence-electron chi connectivity index (χ4n) is 2.87. The number of nitrogens with one attached hydrogen (secondary N) is 1. The van der Waals surface area contributed by atoms with Gasteiger partial charge in [0, 0.05) is 24.1 Å². The first-order valence-electron chi connectivity index (χ1n) is 6.52. The zero-order chi connectivity index (χ0) is 14.0. The van der Waals surface area contributed by atoms with Gasteiger partial charge >= 0.3 is 0 Å². The van der Waals surface area contributed by atoms with Crippen LogP contribution in [0.15, 0.2) is 16.6 Å². The van der Waals surface area contributed by atoms with Crippen molar-refractivity contribution in [2.24, 2.45) is 5.92 Å². The molecule has 0 amide bonds. The molecule has 0 radical (unpaired) electrons. The summed E-state index contributed by atoms with van der Waals surface area (Å²) in [5.41, 5.74) is 0.103. The number of benzene rings is 1. The molecule has 3 unspecified atom stereocenters. The van der Waals surface area contributed by atoms with Crippen LogP contribution in [0.4, 0.5) is 8.78 Å². The standard InChI is InChI=1S/C14H18BrF2NO/c1-3-11-8(6-7-19-11)14(18-2)12-10(16)5-4-9(15)13(12)17/h4-5,8,11,14,18H,3,6-7H2,1-2H3. The Balaban J connectivity index is 2.39. The van der Waals surface area contributed by atoms with Gasteiger partial charge in [-0.15, -0.1) is 0 Å². The summed E-state index contributed by atoms with van der Waals surface area (Å²) in [4.78, 5) is 0. The maximum absolute atomic E-state index is 14.2. The fourth-order valence-corrected chi connectivity index (χ4v) is 3.21. The van der Waals surface area contributed by atoms with Gasteiger partial charge in [0.05, 0.1) is 10.6 Å². The van der Waals surface area contributed by atoms with Crippen LogP contribution in [0.1, 0.15) is 31.4 Å². The Morgan fingerprint density at radius 2 is 2.21 bits per heavy atom. The summed E-state index contributed by atoms with van der Waals surface area (Å²) in [5, 5.41) is 3.05. The van der Waals surface area contributed by atoms with Gasteiger partial charge in [0.2, 0.25) is 0 Å². The predicted molar refractivity (Wildman–Crippen MR) is 74.0 cm³/mol. The summed E-state index contributed by atoms with van der Waals surface area (Å²) < 4.78 is 34.1. The van der Waals surface area contributed by atoms with E-state index in [1.54, 1.807) is 7.05 Å². The molecule has 1 aromatic carbocycles. The third-order valence-corrected chi connectivity index (χ3v) is 4.41. The number of ether oxygens (including phenoxy) is 1. The summed E-state index contributed by atoms with van der Waals surface area (Å²) >= 11 is 3.12. The van der Waals surface area contributed by atoms with Gasteiger partial charge in [-0.25, -0.2) is 8.78 Å². The highest BCUT2D eigenvalue weighted by molar-refractivity contribution is 9.10. The molecule has 1 aliphatic rings. The highest BCUT2D eigenvalue weighted by Crippen LogP contribution is 2.38. The molecule has 1 aromatic rings. The van der Waals surface area contributed by atoms with Crippen LogP contribution < -0.4 is 5.32 Å². The topological polar surface area (TPSA) is 21.3 Å². The van der Waals surface area contributed by atoms with Crippen molar-refractivity contribution in [3.8, 4) is 0 Å². The van der Waals surface area contributed by atoms with Crippen molar-refractivity contribution >= 4 is 15.9 Å². The van der Waals surface area contributed by atoms with Crippen LogP contribution in [0.2, 0.25) is 0 Å². The van der Waals surface area contributed by atoms with Crippen LogP contribution >= 0.6 is 15.9 Å². The second-order valence-corrected chi connectivity index (χ2v) is 5.65. The van der Waals surface area contributed by atoms with Gasteiger partial charge in [-0.05, 0) is 48.0 Å². The van der Waals surface area contributed by atoms with E-state index >= 15 is 0 Å². The molecule has 1 saturated heterocycles. The van der Waals surface area contributed by atoms with Crippen LogP contribution in [-0.4, -0.2) is 19.8 Å². The summed E-state index contributed by atoms with van der Waals surface area (Å²) in [5.74, 6) is -0.948. The van der Waals surface area contributed by atoms with Gasteiger partial charge in [-0.2, -0.15) is 0 Å². The van der Waals surface area contributed by atoms with E-state index in [-0.39, 0.29) is 28.1 Å². The van der Waals surface area contributed by atoms with Crippen LogP contribution in [0.3, 0.4) is 0 Å². The monoisotopic (exact) mass is 333 g/mol. The zero-order valence-electron chi connectivity index (χ0n) is 11.1. The molecule has 5 heteroatoms. The molecule has 1 fully saturated rings. The molecule has 0 saturated carbocycles. The molecule has 1 N–H and O–H groups in total. The number of halogens is 3. The fraction of sp³-hybridized carbons (Fsp3) is 0.571. The molecular weight excluding hydrogens is 316 g/mol. The van der Waals surface area contributed by atoms with E-state index in [0.29, 0.717) is 6.61 Å². The minimum atomic E-state index is -0.527. The highest BCUT2D eigenvalue weighted by Gasteiger charge is 2.36. The van der Waals surface area contributed by atoms with Crippen molar-refractivity contribution in [1.29, 1.82) is 0 Å². The van der Waals surface area contributed by atoms with Crippen LogP contribution in [0, 0.1) is 17.6 Å². The summed E-state index contributed by atoms with van der Waals surface area (Å²) in [6.07, 6.45) is 1.71. The maximum atomic E-state index is 14.2. The van der Waals surface area contributed by atoms with Crippen molar-refractivity contribution in [2.75, 3.05) is 13.7 Å². The molecule has 19 heavy (non-hydrogen) atoms. The SMILES string of the molecule is CCC1OCCC1C(NC)c1c(F)ccc(Br)c1F. The van der Waals surface area contributed by atoms with E-state index in [4.69, 9.17) is 4.74 Å². The van der Waals surface area contributed by atoms with Crippen LogP contribution in [0.5, 0.6) is 0 Å². The number of rotatable bonds is 4. The summed E-state index contributed by atoms with van der Waals surface area (Å²) in [6, 6.07) is 2.32. The summed E-state index contributed by atoms with van der Waals surface area (Å²) in [6.45, 7) is 2.68. The lowest BCUT2D eigenvalue weighted by Gasteiger charge is -2.28. The molecule has 0 bridgehead atoms. The van der Waals surface area contributed by atoms with E-state index in [1.807, 2.05) is 6.92 Å². The first-order valence-corrected chi connectivity index (χ1v) is 7.31. The quantitative estimate of drug-likeness (QED) is 0.846. The van der Waals surface area contributed by atoms with Gasteiger partial charge in [0.25, 0.3) is 0 Å². The Labute approximate surface area is 120 Å². The Bertz CT molecular complexity index is 455. The van der Waals surface area contributed by atoms with Gasteiger partial charge < -0.3 is 10.1 Å².